The lowest BCUT2D eigenvalue weighted by molar-refractivity contribution is -0.154. The molecule has 2 aromatic rings. The molecule has 0 aliphatic carbocycles. The minimum atomic E-state index is -0.976. The summed E-state index contributed by atoms with van der Waals surface area (Å²) in [7, 11) is 0. The van der Waals surface area contributed by atoms with E-state index in [1.165, 1.54) is 18.3 Å². The first kappa shape index (κ1) is 23.3. The van der Waals surface area contributed by atoms with Crippen molar-refractivity contribution in [3.8, 4) is 11.5 Å². The predicted octanol–water partition coefficient (Wildman–Crippen LogP) is 2.19. The fraction of sp³-hybridized carbons (Fsp3) is 0.364. The third-order valence-electron chi connectivity index (χ3n) is 4.61. The molecule has 0 fully saturated rings. The second-order valence-corrected chi connectivity index (χ2v) is 7.99. The van der Waals surface area contributed by atoms with Crippen LogP contribution in [0, 0.1) is 0 Å². The molecule has 0 saturated heterocycles. The number of fused-ring (bicyclic) bond motifs is 1. The van der Waals surface area contributed by atoms with Gasteiger partial charge in [0.15, 0.2) is 23.4 Å². The number of ether oxygens (including phenoxy) is 3. The van der Waals surface area contributed by atoms with E-state index in [0.29, 0.717) is 16.4 Å². The highest BCUT2D eigenvalue weighted by atomic mass is 32.1. The monoisotopic (exact) mass is 460 g/mol. The van der Waals surface area contributed by atoms with Gasteiger partial charge in [0, 0.05) is 25.9 Å². The third kappa shape index (κ3) is 6.81. The topological polar surface area (TPSA) is 120 Å². The fourth-order valence-electron chi connectivity index (χ4n) is 2.87. The summed E-state index contributed by atoms with van der Waals surface area (Å²) >= 11 is 1.33. The smallest absolute Gasteiger partial charge is 0.308 e. The van der Waals surface area contributed by atoms with Gasteiger partial charge in [-0.2, -0.15) is 0 Å². The number of Topliss-reactive ketones (excluding diaryl/α,β-unsaturated/α-hetero) is 1. The first-order valence-corrected chi connectivity index (χ1v) is 11.0. The normalized spacial score (nSPS) is 12.7. The van der Waals surface area contributed by atoms with Gasteiger partial charge in [0.2, 0.25) is 12.7 Å². The zero-order chi connectivity index (χ0) is 22.9. The van der Waals surface area contributed by atoms with Gasteiger partial charge in [0.25, 0.3) is 5.91 Å². The van der Waals surface area contributed by atoms with E-state index in [1.54, 1.807) is 35.7 Å². The summed E-state index contributed by atoms with van der Waals surface area (Å²) < 4.78 is 15.6. The molecular weight excluding hydrogens is 436 g/mol. The van der Waals surface area contributed by atoms with Gasteiger partial charge >= 0.3 is 5.97 Å². The molecule has 2 heterocycles. The Hall–Kier alpha value is -3.40. The lowest BCUT2D eigenvalue weighted by atomic mass is 10.2. The molecule has 0 spiro atoms. The van der Waals surface area contributed by atoms with Crippen LogP contribution in [0.2, 0.25) is 0 Å². The molecule has 0 saturated carbocycles. The molecule has 170 valence electrons. The van der Waals surface area contributed by atoms with Crippen LogP contribution >= 0.6 is 11.3 Å². The molecule has 1 aliphatic rings. The van der Waals surface area contributed by atoms with Gasteiger partial charge in [0.05, 0.1) is 11.3 Å². The zero-order valence-electron chi connectivity index (χ0n) is 17.6. The van der Waals surface area contributed by atoms with Crippen molar-refractivity contribution in [3.63, 3.8) is 0 Å². The largest absolute Gasteiger partial charge is 0.454 e. The van der Waals surface area contributed by atoms with E-state index in [9.17, 15) is 19.2 Å². The molecule has 2 amide bonds. The molecule has 9 nitrogen and oxygen atoms in total. The molecular formula is C22H24N2O7S. The maximum Gasteiger partial charge on any atom is 0.308 e. The van der Waals surface area contributed by atoms with E-state index in [2.05, 4.69) is 10.6 Å². The summed E-state index contributed by atoms with van der Waals surface area (Å²) in [5.74, 6) is -0.178. The number of thiophene rings is 1. The number of nitrogens with one attached hydrogen (secondary N) is 2. The van der Waals surface area contributed by atoms with Crippen molar-refractivity contribution in [2.24, 2.45) is 0 Å². The van der Waals surface area contributed by atoms with E-state index in [1.807, 2.05) is 0 Å². The number of esters is 1. The lowest BCUT2D eigenvalue weighted by Gasteiger charge is -2.14. The zero-order valence-corrected chi connectivity index (χ0v) is 18.4. The van der Waals surface area contributed by atoms with Crippen LogP contribution in [0.1, 0.15) is 41.4 Å². The van der Waals surface area contributed by atoms with Crippen molar-refractivity contribution in [1.82, 2.24) is 10.6 Å². The maximum atomic E-state index is 12.2. The van der Waals surface area contributed by atoms with Gasteiger partial charge in [-0.1, -0.05) is 12.1 Å². The van der Waals surface area contributed by atoms with Crippen molar-refractivity contribution in [2.75, 3.05) is 13.3 Å². The number of rotatable bonds is 11. The third-order valence-corrected chi connectivity index (χ3v) is 5.52. The Balaban J connectivity index is 1.29. The highest BCUT2D eigenvalue weighted by Gasteiger charge is 2.19. The minimum Gasteiger partial charge on any atom is -0.454 e. The molecule has 2 N–H and O–H groups in total. The summed E-state index contributed by atoms with van der Waals surface area (Å²) in [5, 5.41) is 7.07. The first-order valence-electron chi connectivity index (χ1n) is 10.1. The van der Waals surface area contributed by atoms with Crippen LogP contribution in [-0.2, 0) is 25.7 Å². The Kier molecular flexibility index (Phi) is 8.20. The van der Waals surface area contributed by atoms with Crippen molar-refractivity contribution >= 4 is 34.9 Å². The number of carbonyl (C=O) groups excluding carboxylic acids is 4. The van der Waals surface area contributed by atoms with Gasteiger partial charge in [-0.15, -0.1) is 11.3 Å². The van der Waals surface area contributed by atoms with Crippen LogP contribution in [0.5, 0.6) is 11.5 Å². The van der Waals surface area contributed by atoms with Crippen molar-refractivity contribution in [1.29, 1.82) is 0 Å². The molecule has 1 aliphatic heterocycles. The van der Waals surface area contributed by atoms with Crippen LogP contribution < -0.4 is 20.1 Å². The summed E-state index contributed by atoms with van der Waals surface area (Å²) in [5.41, 5.74) is 0.821. The molecule has 0 bridgehead atoms. The lowest BCUT2D eigenvalue weighted by Crippen LogP contribution is -2.36. The van der Waals surface area contributed by atoms with Gasteiger partial charge in [0.1, 0.15) is 0 Å². The Morgan fingerprint density at radius 2 is 1.88 bits per heavy atom. The second kappa shape index (κ2) is 11.3. The number of hydrogen-bond acceptors (Lipinski definition) is 8. The van der Waals surface area contributed by atoms with Gasteiger partial charge in [-0.05, 0) is 36.1 Å². The van der Waals surface area contributed by atoms with Crippen LogP contribution in [0.15, 0.2) is 35.7 Å². The summed E-state index contributed by atoms with van der Waals surface area (Å²) in [6.45, 7) is 1.96. The quantitative estimate of drug-likeness (QED) is 0.390. The maximum absolute atomic E-state index is 12.2. The molecule has 32 heavy (non-hydrogen) atoms. The highest BCUT2D eigenvalue weighted by Crippen LogP contribution is 2.32. The van der Waals surface area contributed by atoms with E-state index < -0.39 is 18.0 Å². The fourth-order valence-corrected chi connectivity index (χ4v) is 3.57. The molecule has 1 unspecified atom stereocenters. The Bertz CT molecular complexity index is 975. The first-order chi connectivity index (χ1) is 15.4. The Morgan fingerprint density at radius 3 is 2.66 bits per heavy atom. The summed E-state index contributed by atoms with van der Waals surface area (Å²) in [4.78, 5) is 48.4. The number of amides is 2. The number of ketones is 1. The Morgan fingerprint density at radius 1 is 1.06 bits per heavy atom. The SMILES string of the molecule is CC(OC(=O)CCNC(=O)CCC(=O)c1cccs1)C(=O)NCc1ccc2c(c1)OCO2. The second-order valence-electron chi connectivity index (χ2n) is 7.04. The molecule has 3 rings (SSSR count). The van der Waals surface area contributed by atoms with Crippen LogP contribution in [-0.4, -0.2) is 43.0 Å². The van der Waals surface area contributed by atoms with E-state index in [4.69, 9.17) is 14.2 Å². The summed E-state index contributed by atoms with van der Waals surface area (Å²) in [6.07, 6.45) is -0.901. The van der Waals surface area contributed by atoms with Crippen LogP contribution in [0.3, 0.4) is 0 Å². The van der Waals surface area contributed by atoms with Crippen molar-refractivity contribution < 1.29 is 33.4 Å². The van der Waals surface area contributed by atoms with Crippen LogP contribution in [0.4, 0.5) is 0 Å². The standard InChI is InChI=1S/C22H24N2O7S/c1-14(22(28)24-12-15-4-6-17-18(11-15)30-13-29-17)31-21(27)8-9-23-20(26)7-5-16(25)19-3-2-10-32-19/h2-4,6,10-11,14H,5,7-9,12-13H2,1H3,(H,23,26)(H,24,28). The Labute approximate surface area is 189 Å². The molecule has 1 atom stereocenters. The van der Waals surface area contributed by atoms with Gasteiger partial charge in [-0.25, -0.2) is 0 Å². The van der Waals surface area contributed by atoms with Crippen molar-refractivity contribution in [3.05, 3.63) is 46.2 Å². The minimum absolute atomic E-state index is 0.0461. The molecule has 10 heteroatoms. The summed E-state index contributed by atoms with van der Waals surface area (Å²) in [6, 6.07) is 8.84. The highest BCUT2D eigenvalue weighted by molar-refractivity contribution is 7.12. The predicted molar refractivity (Wildman–Crippen MR) is 115 cm³/mol. The number of hydrogen-bond donors (Lipinski definition) is 2. The van der Waals surface area contributed by atoms with E-state index in [0.717, 1.165) is 5.56 Å². The van der Waals surface area contributed by atoms with Crippen LogP contribution in [0.25, 0.3) is 0 Å². The molecule has 1 aromatic heterocycles. The van der Waals surface area contributed by atoms with E-state index >= 15 is 0 Å². The number of carbonyl (C=O) groups is 4. The number of benzene rings is 1. The van der Waals surface area contributed by atoms with Gasteiger partial charge in [-0.3, -0.25) is 19.2 Å². The molecule has 1 aromatic carbocycles. The molecule has 0 radical (unpaired) electrons. The average molecular weight is 461 g/mol. The average Bonchev–Trinajstić information content (AvgIpc) is 3.47. The van der Waals surface area contributed by atoms with Gasteiger partial charge < -0.3 is 24.8 Å². The van der Waals surface area contributed by atoms with E-state index in [-0.39, 0.29) is 50.8 Å². The van der Waals surface area contributed by atoms with Crippen molar-refractivity contribution in [2.45, 2.75) is 38.8 Å².